The summed E-state index contributed by atoms with van der Waals surface area (Å²) < 4.78 is 0.953. The second-order valence-corrected chi connectivity index (χ2v) is 5.44. The van der Waals surface area contributed by atoms with Gasteiger partial charge in [-0.2, -0.15) is 0 Å². The molecule has 2 amide bonds. The van der Waals surface area contributed by atoms with E-state index in [-0.39, 0.29) is 0 Å². The maximum Gasteiger partial charge on any atom is 0.313 e. The summed E-state index contributed by atoms with van der Waals surface area (Å²) in [5.41, 5.74) is 2.52. The molecular formula is C16H15BrN2O2. The van der Waals surface area contributed by atoms with Gasteiger partial charge in [0.1, 0.15) is 0 Å². The Balaban J connectivity index is 1.90. The first kappa shape index (κ1) is 15.3. The molecule has 0 aliphatic heterocycles. The van der Waals surface area contributed by atoms with Crippen molar-refractivity contribution in [3.63, 3.8) is 0 Å². The van der Waals surface area contributed by atoms with Crippen LogP contribution >= 0.6 is 15.9 Å². The van der Waals surface area contributed by atoms with E-state index in [4.69, 9.17) is 0 Å². The predicted octanol–water partition coefficient (Wildman–Crippen LogP) is 3.01. The van der Waals surface area contributed by atoms with Gasteiger partial charge in [0.05, 0.1) is 0 Å². The first-order valence-corrected chi connectivity index (χ1v) is 7.25. The van der Waals surface area contributed by atoms with Crippen LogP contribution in [0.1, 0.15) is 11.1 Å². The van der Waals surface area contributed by atoms with Crippen molar-refractivity contribution < 1.29 is 9.59 Å². The fourth-order valence-electron chi connectivity index (χ4n) is 1.77. The molecule has 4 nitrogen and oxygen atoms in total. The van der Waals surface area contributed by atoms with Gasteiger partial charge in [-0.3, -0.25) is 9.59 Å². The maximum atomic E-state index is 11.8. The third-order valence-corrected chi connectivity index (χ3v) is 3.81. The van der Waals surface area contributed by atoms with Gasteiger partial charge < -0.3 is 10.6 Å². The summed E-state index contributed by atoms with van der Waals surface area (Å²) in [6, 6.07) is 14.8. The van der Waals surface area contributed by atoms with Gasteiger partial charge in [0, 0.05) is 16.7 Å². The van der Waals surface area contributed by atoms with Crippen molar-refractivity contribution in [3.8, 4) is 0 Å². The molecule has 0 unspecified atom stereocenters. The number of hydrogen-bond donors (Lipinski definition) is 2. The zero-order valence-electron chi connectivity index (χ0n) is 11.5. The van der Waals surface area contributed by atoms with Crippen molar-refractivity contribution in [1.82, 2.24) is 5.32 Å². The van der Waals surface area contributed by atoms with Gasteiger partial charge >= 0.3 is 11.8 Å². The third-order valence-electron chi connectivity index (χ3n) is 2.92. The standard InChI is InChI=1S/C16H15BrN2O2/c1-11-9-13(7-8-14(11)17)19-16(21)15(20)18-10-12-5-3-2-4-6-12/h2-9H,10H2,1H3,(H,18,20)(H,19,21). The summed E-state index contributed by atoms with van der Waals surface area (Å²) in [6.45, 7) is 2.24. The maximum absolute atomic E-state index is 11.8. The van der Waals surface area contributed by atoms with Crippen LogP contribution in [0.2, 0.25) is 0 Å². The minimum Gasteiger partial charge on any atom is -0.344 e. The number of benzene rings is 2. The van der Waals surface area contributed by atoms with Gasteiger partial charge in [-0.15, -0.1) is 0 Å². The first-order valence-electron chi connectivity index (χ1n) is 6.45. The van der Waals surface area contributed by atoms with Crippen molar-refractivity contribution in [3.05, 3.63) is 64.1 Å². The average Bonchev–Trinajstić information content (AvgIpc) is 2.49. The Morgan fingerprint density at radius 2 is 1.76 bits per heavy atom. The van der Waals surface area contributed by atoms with Crippen molar-refractivity contribution in [2.45, 2.75) is 13.5 Å². The Bertz CT molecular complexity index is 657. The van der Waals surface area contributed by atoms with E-state index < -0.39 is 11.8 Å². The second-order valence-electron chi connectivity index (χ2n) is 4.59. The lowest BCUT2D eigenvalue weighted by atomic mass is 10.2. The van der Waals surface area contributed by atoms with Gasteiger partial charge in [0.25, 0.3) is 0 Å². The number of nitrogens with one attached hydrogen (secondary N) is 2. The molecule has 0 atom stereocenters. The lowest BCUT2D eigenvalue weighted by molar-refractivity contribution is -0.136. The highest BCUT2D eigenvalue weighted by Crippen LogP contribution is 2.19. The molecule has 0 saturated heterocycles. The van der Waals surface area contributed by atoms with Crippen LogP contribution in [0.5, 0.6) is 0 Å². The summed E-state index contributed by atoms with van der Waals surface area (Å²) in [4.78, 5) is 23.5. The summed E-state index contributed by atoms with van der Waals surface area (Å²) >= 11 is 3.38. The first-order chi connectivity index (χ1) is 10.1. The molecule has 108 valence electrons. The zero-order valence-corrected chi connectivity index (χ0v) is 13.1. The summed E-state index contributed by atoms with van der Waals surface area (Å²) in [6.07, 6.45) is 0. The van der Waals surface area contributed by atoms with Crippen LogP contribution in [0.4, 0.5) is 5.69 Å². The Morgan fingerprint density at radius 1 is 1.05 bits per heavy atom. The smallest absolute Gasteiger partial charge is 0.313 e. The number of amides is 2. The lowest BCUT2D eigenvalue weighted by Gasteiger charge is -2.08. The SMILES string of the molecule is Cc1cc(NC(=O)C(=O)NCc2ccccc2)ccc1Br. The summed E-state index contributed by atoms with van der Waals surface area (Å²) in [5.74, 6) is -1.33. The van der Waals surface area contributed by atoms with E-state index in [1.807, 2.05) is 43.3 Å². The van der Waals surface area contributed by atoms with Gasteiger partial charge in [-0.1, -0.05) is 46.3 Å². The third kappa shape index (κ3) is 4.43. The molecule has 0 aliphatic rings. The van der Waals surface area contributed by atoms with Gasteiger partial charge in [-0.25, -0.2) is 0 Å². The fraction of sp³-hybridized carbons (Fsp3) is 0.125. The Labute approximate surface area is 131 Å². The number of anilines is 1. The van der Waals surface area contributed by atoms with Crippen molar-refractivity contribution in [2.24, 2.45) is 0 Å². The number of carbonyl (C=O) groups excluding carboxylic acids is 2. The molecule has 0 bridgehead atoms. The van der Waals surface area contributed by atoms with E-state index in [1.54, 1.807) is 12.1 Å². The summed E-state index contributed by atoms with van der Waals surface area (Å²) in [5, 5.41) is 5.16. The molecule has 0 aromatic heterocycles. The molecular weight excluding hydrogens is 332 g/mol. The number of halogens is 1. The van der Waals surface area contributed by atoms with E-state index in [2.05, 4.69) is 26.6 Å². The van der Waals surface area contributed by atoms with Crippen LogP contribution in [-0.2, 0) is 16.1 Å². The van der Waals surface area contributed by atoms with Gasteiger partial charge in [0.15, 0.2) is 0 Å². The van der Waals surface area contributed by atoms with Crippen LogP contribution in [0, 0.1) is 6.92 Å². The quantitative estimate of drug-likeness (QED) is 0.839. The Hall–Kier alpha value is -2.14. The second kappa shape index (κ2) is 7.04. The fourth-order valence-corrected chi connectivity index (χ4v) is 2.02. The molecule has 0 heterocycles. The topological polar surface area (TPSA) is 58.2 Å². The average molecular weight is 347 g/mol. The molecule has 0 radical (unpaired) electrons. The Kier molecular flexibility index (Phi) is 5.11. The van der Waals surface area contributed by atoms with E-state index in [0.717, 1.165) is 15.6 Å². The highest BCUT2D eigenvalue weighted by Gasteiger charge is 2.13. The lowest BCUT2D eigenvalue weighted by Crippen LogP contribution is -2.34. The molecule has 0 spiro atoms. The van der Waals surface area contributed by atoms with Gasteiger partial charge in [-0.05, 0) is 36.2 Å². The predicted molar refractivity (Wildman–Crippen MR) is 85.8 cm³/mol. The molecule has 2 rings (SSSR count). The molecule has 0 fully saturated rings. The van der Waals surface area contributed by atoms with Crippen molar-refractivity contribution in [1.29, 1.82) is 0 Å². The van der Waals surface area contributed by atoms with E-state index in [0.29, 0.717) is 12.2 Å². The highest BCUT2D eigenvalue weighted by molar-refractivity contribution is 9.10. The van der Waals surface area contributed by atoms with Crippen LogP contribution in [-0.4, -0.2) is 11.8 Å². The molecule has 2 aromatic carbocycles. The zero-order chi connectivity index (χ0) is 15.2. The van der Waals surface area contributed by atoms with E-state index >= 15 is 0 Å². The molecule has 5 heteroatoms. The monoisotopic (exact) mass is 346 g/mol. The summed E-state index contributed by atoms with van der Waals surface area (Å²) in [7, 11) is 0. The van der Waals surface area contributed by atoms with Crippen LogP contribution < -0.4 is 10.6 Å². The molecule has 0 aliphatic carbocycles. The normalized spacial score (nSPS) is 10.0. The van der Waals surface area contributed by atoms with Crippen LogP contribution in [0.3, 0.4) is 0 Å². The number of aryl methyl sites for hydroxylation is 1. The number of hydrogen-bond acceptors (Lipinski definition) is 2. The molecule has 21 heavy (non-hydrogen) atoms. The number of carbonyl (C=O) groups is 2. The van der Waals surface area contributed by atoms with Crippen LogP contribution in [0.25, 0.3) is 0 Å². The van der Waals surface area contributed by atoms with E-state index in [9.17, 15) is 9.59 Å². The van der Waals surface area contributed by atoms with Crippen LogP contribution in [0.15, 0.2) is 53.0 Å². The number of rotatable bonds is 3. The molecule has 2 N–H and O–H groups in total. The molecule has 2 aromatic rings. The minimum atomic E-state index is -0.673. The largest absolute Gasteiger partial charge is 0.344 e. The van der Waals surface area contributed by atoms with E-state index in [1.165, 1.54) is 0 Å². The van der Waals surface area contributed by atoms with Crippen molar-refractivity contribution in [2.75, 3.05) is 5.32 Å². The molecule has 0 saturated carbocycles. The van der Waals surface area contributed by atoms with Gasteiger partial charge in [0.2, 0.25) is 0 Å². The Morgan fingerprint density at radius 3 is 2.43 bits per heavy atom. The van der Waals surface area contributed by atoms with Crippen molar-refractivity contribution >= 4 is 33.4 Å². The minimum absolute atomic E-state index is 0.326. The highest BCUT2D eigenvalue weighted by atomic mass is 79.9.